The molecule has 1 aliphatic heterocycles. The Hall–Kier alpha value is -0.830. The van der Waals surface area contributed by atoms with E-state index in [1.807, 2.05) is 12.1 Å². The maximum atomic E-state index is 6.53. The van der Waals surface area contributed by atoms with Crippen LogP contribution < -0.4 is 10.6 Å². The third kappa shape index (κ3) is 5.82. The molecule has 1 aliphatic rings. The van der Waals surface area contributed by atoms with Gasteiger partial charge >= 0.3 is 0 Å². The van der Waals surface area contributed by atoms with E-state index in [-0.39, 0.29) is 29.4 Å². The fourth-order valence-corrected chi connectivity index (χ4v) is 4.59. The third-order valence-corrected chi connectivity index (χ3v) is 6.27. The number of thiophene rings is 1. The second-order valence-electron chi connectivity index (χ2n) is 6.66. The average molecular weight is 520 g/mol. The van der Waals surface area contributed by atoms with Gasteiger partial charge in [-0.15, -0.1) is 35.3 Å². The van der Waals surface area contributed by atoms with Crippen LogP contribution in [-0.2, 0) is 16.7 Å². The molecule has 148 valence electrons. The van der Waals surface area contributed by atoms with Crippen LogP contribution >= 0.6 is 46.9 Å². The lowest BCUT2D eigenvalue weighted by Gasteiger charge is -2.38. The van der Waals surface area contributed by atoms with Crippen LogP contribution in [-0.4, -0.2) is 32.8 Å². The normalized spacial score (nSPS) is 16.5. The van der Waals surface area contributed by atoms with E-state index in [0.717, 1.165) is 50.1 Å². The van der Waals surface area contributed by atoms with Gasteiger partial charge in [0.15, 0.2) is 5.96 Å². The molecule has 7 heteroatoms. The molecule has 3 rings (SSSR count). The maximum absolute atomic E-state index is 6.53. The number of guanidine groups is 1. The highest BCUT2D eigenvalue weighted by Crippen LogP contribution is 2.38. The van der Waals surface area contributed by atoms with Crippen molar-refractivity contribution in [3.8, 4) is 0 Å². The van der Waals surface area contributed by atoms with Gasteiger partial charge in [0.2, 0.25) is 0 Å². The molecular weight excluding hydrogens is 493 g/mol. The molecule has 1 fully saturated rings. The lowest BCUT2D eigenvalue weighted by atomic mass is 9.74. The number of benzene rings is 1. The van der Waals surface area contributed by atoms with Crippen molar-refractivity contribution in [2.75, 3.05) is 26.8 Å². The van der Waals surface area contributed by atoms with Crippen molar-refractivity contribution < 1.29 is 4.74 Å². The molecule has 0 spiro atoms. The molecule has 1 aromatic heterocycles. The Morgan fingerprint density at radius 1 is 1.19 bits per heavy atom. The summed E-state index contributed by atoms with van der Waals surface area (Å²) < 4.78 is 5.61. The van der Waals surface area contributed by atoms with Crippen LogP contribution in [0.3, 0.4) is 0 Å². The number of rotatable bonds is 5. The topological polar surface area (TPSA) is 45.7 Å². The summed E-state index contributed by atoms with van der Waals surface area (Å²) >= 11 is 8.33. The summed E-state index contributed by atoms with van der Waals surface area (Å²) in [5.74, 6) is 0.814. The zero-order chi connectivity index (χ0) is 18.4. The van der Waals surface area contributed by atoms with Gasteiger partial charge in [0.1, 0.15) is 0 Å². The highest BCUT2D eigenvalue weighted by molar-refractivity contribution is 14.0. The summed E-state index contributed by atoms with van der Waals surface area (Å²) in [7, 11) is 1.81. The summed E-state index contributed by atoms with van der Waals surface area (Å²) in [6.07, 6.45) is 1.90. The van der Waals surface area contributed by atoms with Crippen LogP contribution in [0.4, 0.5) is 0 Å². The summed E-state index contributed by atoms with van der Waals surface area (Å²) in [6.45, 7) is 5.20. The quantitative estimate of drug-likeness (QED) is 0.341. The van der Waals surface area contributed by atoms with Crippen LogP contribution in [0.2, 0.25) is 5.02 Å². The Labute approximate surface area is 187 Å². The van der Waals surface area contributed by atoms with Crippen molar-refractivity contribution in [2.24, 2.45) is 4.99 Å². The van der Waals surface area contributed by atoms with E-state index < -0.39 is 0 Å². The number of ether oxygens (including phenoxy) is 1. The summed E-state index contributed by atoms with van der Waals surface area (Å²) in [6, 6.07) is 12.5. The monoisotopic (exact) mass is 519 g/mol. The molecule has 0 unspecified atom stereocenters. The third-order valence-electron chi connectivity index (χ3n) is 4.94. The molecule has 2 N–H and O–H groups in total. The predicted molar refractivity (Wildman–Crippen MR) is 126 cm³/mol. The number of nitrogens with one attached hydrogen (secondary N) is 2. The first-order chi connectivity index (χ1) is 12.6. The van der Waals surface area contributed by atoms with Crippen LogP contribution in [0.5, 0.6) is 0 Å². The van der Waals surface area contributed by atoms with Gasteiger partial charge in [-0.3, -0.25) is 4.99 Å². The zero-order valence-corrected chi connectivity index (χ0v) is 19.7. The lowest BCUT2D eigenvalue weighted by Crippen LogP contribution is -2.48. The minimum Gasteiger partial charge on any atom is -0.381 e. The Bertz CT molecular complexity index is 759. The number of aryl methyl sites for hydroxylation is 1. The molecule has 4 nitrogen and oxygen atoms in total. The van der Waals surface area contributed by atoms with Gasteiger partial charge in [-0.05, 0) is 43.5 Å². The summed E-state index contributed by atoms with van der Waals surface area (Å²) in [4.78, 5) is 7.00. The molecule has 0 radical (unpaired) electrons. The number of hydrogen-bond acceptors (Lipinski definition) is 3. The maximum Gasteiger partial charge on any atom is 0.191 e. The van der Waals surface area contributed by atoms with Crippen molar-refractivity contribution in [1.29, 1.82) is 0 Å². The van der Waals surface area contributed by atoms with Crippen LogP contribution in [0.25, 0.3) is 0 Å². The molecule has 1 aromatic carbocycles. The van der Waals surface area contributed by atoms with Gasteiger partial charge in [0.05, 0.1) is 6.54 Å². The van der Waals surface area contributed by atoms with E-state index in [0.29, 0.717) is 0 Å². The lowest BCUT2D eigenvalue weighted by molar-refractivity contribution is 0.0514. The van der Waals surface area contributed by atoms with Gasteiger partial charge in [-0.25, -0.2) is 0 Å². The number of halogens is 2. The Balaban J connectivity index is 0.00000261. The first-order valence-electron chi connectivity index (χ1n) is 8.95. The molecule has 0 amide bonds. The van der Waals surface area contributed by atoms with Crippen LogP contribution in [0, 0.1) is 6.92 Å². The molecule has 0 saturated carbocycles. The Morgan fingerprint density at radius 2 is 1.93 bits per heavy atom. The van der Waals surface area contributed by atoms with Crippen molar-refractivity contribution in [3.63, 3.8) is 0 Å². The van der Waals surface area contributed by atoms with Crippen molar-refractivity contribution in [3.05, 3.63) is 56.7 Å². The standard InChI is InChI=1S/C20H26ClN3OS.HI/c1-15-7-8-16(26-15)13-23-19(22-2)24-14-20(9-11-25-12-10-20)17-5-3-4-6-18(17)21;/h3-8H,9-14H2,1-2H3,(H2,22,23,24);1H. The molecule has 2 aromatic rings. The summed E-state index contributed by atoms with van der Waals surface area (Å²) in [5, 5.41) is 7.75. The fraction of sp³-hybridized carbons (Fsp3) is 0.450. The second-order valence-corrected chi connectivity index (χ2v) is 8.44. The number of aliphatic imine (C=N–C) groups is 1. The first kappa shape index (κ1) is 22.5. The first-order valence-corrected chi connectivity index (χ1v) is 10.1. The van der Waals surface area contributed by atoms with Gasteiger partial charge < -0.3 is 15.4 Å². The van der Waals surface area contributed by atoms with E-state index >= 15 is 0 Å². The Kier molecular flexibility index (Phi) is 8.85. The molecule has 2 heterocycles. The van der Waals surface area contributed by atoms with Gasteiger partial charge in [-0.2, -0.15) is 0 Å². The minimum absolute atomic E-state index is 0. The van der Waals surface area contributed by atoms with Crippen molar-refractivity contribution in [1.82, 2.24) is 10.6 Å². The highest BCUT2D eigenvalue weighted by Gasteiger charge is 2.36. The molecule has 0 atom stereocenters. The van der Waals surface area contributed by atoms with Crippen LogP contribution in [0.15, 0.2) is 41.4 Å². The smallest absolute Gasteiger partial charge is 0.191 e. The zero-order valence-electron chi connectivity index (χ0n) is 15.8. The SMILES string of the molecule is CN=C(NCc1ccc(C)s1)NCC1(c2ccccc2Cl)CCOCC1.I. The van der Waals surface area contributed by atoms with Crippen LogP contribution in [0.1, 0.15) is 28.2 Å². The molecular formula is C20H27ClIN3OS. The molecule has 27 heavy (non-hydrogen) atoms. The number of nitrogens with zero attached hydrogens (tertiary/aromatic N) is 1. The van der Waals surface area contributed by atoms with E-state index in [1.165, 1.54) is 15.3 Å². The predicted octanol–water partition coefficient (Wildman–Crippen LogP) is 4.74. The molecule has 0 aliphatic carbocycles. The van der Waals surface area contributed by atoms with E-state index in [2.05, 4.69) is 46.8 Å². The van der Waals surface area contributed by atoms with Gasteiger partial charge in [0.25, 0.3) is 0 Å². The largest absolute Gasteiger partial charge is 0.381 e. The number of hydrogen-bond donors (Lipinski definition) is 2. The molecule has 1 saturated heterocycles. The fourth-order valence-electron chi connectivity index (χ4n) is 3.42. The highest BCUT2D eigenvalue weighted by atomic mass is 127. The Morgan fingerprint density at radius 3 is 2.56 bits per heavy atom. The molecule has 0 bridgehead atoms. The minimum atomic E-state index is -0.0340. The van der Waals surface area contributed by atoms with Crippen molar-refractivity contribution in [2.45, 2.75) is 31.7 Å². The second kappa shape index (κ2) is 10.6. The van der Waals surface area contributed by atoms with Crippen molar-refractivity contribution >= 4 is 52.9 Å². The van der Waals surface area contributed by atoms with E-state index in [9.17, 15) is 0 Å². The van der Waals surface area contributed by atoms with Gasteiger partial charge in [-0.1, -0.05) is 29.8 Å². The van der Waals surface area contributed by atoms with E-state index in [4.69, 9.17) is 16.3 Å². The van der Waals surface area contributed by atoms with Gasteiger partial charge in [0, 0.05) is 47.0 Å². The summed E-state index contributed by atoms with van der Waals surface area (Å²) in [5.41, 5.74) is 1.16. The average Bonchev–Trinajstić information content (AvgIpc) is 3.08. The van der Waals surface area contributed by atoms with E-state index in [1.54, 1.807) is 18.4 Å².